The number of ether oxygens (including phenoxy) is 1. The number of aliphatic hydroxyl groups is 1. The summed E-state index contributed by atoms with van der Waals surface area (Å²) < 4.78 is 5.46. The van der Waals surface area contributed by atoms with Gasteiger partial charge < -0.3 is 19.6 Å². The molecule has 1 atom stereocenters. The van der Waals surface area contributed by atoms with Crippen molar-refractivity contribution in [3.63, 3.8) is 0 Å². The normalized spacial score (nSPS) is 23.4. The quantitative estimate of drug-likeness (QED) is 0.889. The van der Waals surface area contributed by atoms with E-state index in [-0.39, 0.29) is 23.8 Å². The Balaban J connectivity index is 1.79. The van der Waals surface area contributed by atoms with Crippen molar-refractivity contribution >= 4 is 11.8 Å². The number of likely N-dealkylation sites (tertiary alicyclic amines) is 2. The van der Waals surface area contributed by atoms with Crippen molar-refractivity contribution < 1.29 is 19.4 Å². The van der Waals surface area contributed by atoms with Crippen LogP contribution in [0.2, 0.25) is 0 Å². The van der Waals surface area contributed by atoms with Crippen LogP contribution in [0.1, 0.15) is 41.6 Å². The zero-order valence-electron chi connectivity index (χ0n) is 15.7. The molecule has 1 aromatic carbocycles. The van der Waals surface area contributed by atoms with Gasteiger partial charge in [0, 0.05) is 38.0 Å². The maximum Gasteiger partial charge on any atom is 0.257 e. The Kier molecular flexibility index (Phi) is 5.51. The highest BCUT2D eigenvalue weighted by Gasteiger charge is 2.42. The van der Waals surface area contributed by atoms with Gasteiger partial charge in [-0.25, -0.2) is 0 Å². The molecule has 142 valence electrons. The molecule has 3 rings (SSSR count). The van der Waals surface area contributed by atoms with Crippen molar-refractivity contribution in [1.82, 2.24) is 9.80 Å². The van der Waals surface area contributed by atoms with E-state index in [2.05, 4.69) is 0 Å². The number of para-hydroxylation sites is 1. The van der Waals surface area contributed by atoms with Crippen LogP contribution in [0.25, 0.3) is 0 Å². The van der Waals surface area contributed by atoms with E-state index < -0.39 is 0 Å². The second-order valence-corrected chi connectivity index (χ2v) is 7.52. The minimum atomic E-state index is -0.0615. The Labute approximate surface area is 154 Å². The standard InChI is InChI=1S/C20H28N2O4/c1-15-5-3-6-16(18(15)26-2)19(25)22-10-4-8-20(14-22)9-7-17(24)21(13-20)11-12-23/h3,5-6,23H,4,7-14H2,1-2H3/t20-/m0/s1. The summed E-state index contributed by atoms with van der Waals surface area (Å²) in [4.78, 5) is 28.9. The Hall–Kier alpha value is -2.08. The molecule has 2 fully saturated rings. The largest absolute Gasteiger partial charge is 0.496 e. The summed E-state index contributed by atoms with van der Waals surface area (Å²) >= 11 is 0. The fraction of sp³-hybridized carbons (Fsp3) is 0.600. The molecular weight excluding hydrogens is 332 g/mol. The van der Waals surface area contributed by atoms with Crippen molar-refractivity contribution in [1.29, 1.82) is 0 Å². The number of amides is 2. The van der Waals surface area contributed by atoms with Crippen LogP contribution < -0.4 is 4.74 Å². The first kappa shape index (κ1) is 18.7. The van der Waals surface area contributed by atoms with Crippen molar-refractivity contribution in [2.24, 2.45) is 5.41 Å². The third-order valence-corrected chi connectivity index (χ3v) is 5.71. The number of rotatable bonds is 4. The maximum absolute atomic E-state index is 13.2. The van der Waals surface area contributed by atoms with Crippen LogP contribution in [0.3, 0.4) is 0 Å². The molecule has 2 amide bonds. The van der Waals surface area contributed by atoms with E-state index in [0.717, 1.165) is 31.4 Å². The van der Waals surface area contributed by atoms with Gasteiger partial charge in [0.05, 0.1) is 19.3 Å². The first-order chi connectivity index (χ1) is 12.5. The molecule has 0 unspecified atom stereocenters. The number of carbonyl (C=O) groups is 2. The predicted molar refractivity (Wildman–Crippen MR) is 98.2 cm³/mol. The Morgan fingerprint density at radius 2 is 2.12 bits per heavy atom. The summed E-state index contributed by atoms with van der Waals surface area (Å²) in [5.74, 6) is 0.738. The van der Waals surface area contributed by atoms with Crippen LogP contribution in [0.15, 0.2) is 18.2 Å². The van der Waals surface area contributed by atoms with Gasteiger partial charge in [-0.1, -0.05) is 12.1 Å². The average Bonchev–Trinajstić information content (AvgIpc) is 2.64. The van der Waals surface area contributed by atoms with Gasteiger partial charge in [-0.2, -0.15) is 0 Å². The number of hydrogen-bond acceptors (Lipinski definition) is 4. The first-order valence-electron chi connectivity index (χ1n) is 9.31. The number of nitrogens with zero attached hydrogens (tertiary/aromatic N) is 2. The molecule has 0 aromatic heterocycles. The minimum absolute atomic E-state index is 0.00441. The van der Waals surface area contributed by atoms with Gasteiger partial charge in [0.15, 0.2) is 0 Å². The number of aryl methyl sites for hydroxylation is 1. The molecule has 1 spiro atoms. The Morgan fingerprint density at radius 3 is 2.85 bits per heavy atom. The summed E-state index contributed by atoms with van der Waals surface area (Å²) in [6, 6.07) is 5.64. The molecule has 26 heavy (non-hydrogen) atoms. The monoisotopic (exact) mass is 360 g/mol. The van der Waals surface area contributed by atoms with E-state index in [1.807, 2.05) is 30.0 Å². The lowest BCUT2D eigenvalue weighted by Gasteiger charge is -2.48. The van der Waals surface area contributed by atoms with Gasteiger partial charge in [-0.05, 0) is 37.8 Å². The van der Waals surface area contributed by atoms with Crippen LogP contribution in [0.4, 0.5) is 0 Å². The van der Waals surface area contributed by atoms with E-state index in [0.29, 0.717) is 37.4 Å². The average molecular weight is 360 g/mol. The molecule has 2 heterocycles. The van der Waals surface area contributed by atoms with E-state index in [1.54, 1.807) is 12.0 Å². The fourth-order valence-corrected chi connectivity index (χ4v) is 4.40. The van der Waals surface area contributed by atoms with Gasteiger partial charge >= 0.3 is 0 Å². The Morgan fingerprint density at radius 1 is 1.31 bits per heavy atom. The van der Waals surface area contributed by atoms with Crippen LogP contribution in [-0.2, 0) is 4.79 Å². The highest BCUT2D eigenvalue weighted by molar-refractivity contribution is 5.97. The minimum Gasteiger partial charge on any atom is -0.496 e. The zero-order valence-corrected chi connectivity index (χ0v) is 15.7. The number of β-amino-alcohol motifs (C(OH)–C–C–N with tert-alkyl or cyclic N) is 1. The summed E-state index contributed by atoms with van der Waals surface area (Å²) in [6.07, 6.45) is 3.25. The lowest BCUT2D eigenvalue weighted by molar-refractivity contribution is -0.139. The molecule has 0 radical (unpaired) electrons. The molecule has 6 nitrogen and oxygen atoms in total. The van der Waals surface area contributed by atoms with Crippen LogP contribution >= 0.6 is 0 Å². The molecule has 0 bridgehead atoms. The molecule has 2 saturated heterocycles. The maximum atomic E-state index is 13.2. The molecule has 0 saturated carbocycles. The van der Waals surface area contributed by atoms with Gasteiger partial charge in [0.2, 0.25) is 5.91 Å². The fourth-order valence-electron chi connectivity index (χ4n) is 4.40. The molecule has 0 aliphatic carbocycles. The van der Waals surface area contributed by atoms with Gasteiger partial charge in [0.25, 0.3) is 5.91 Å². The second kappa shape index (κ2) is 7.66. The summed E-state index contributed by atoms with van der Waals surface area (Å²) in [5, 5.41) is 9.22. The number of hydrogen-bond donors (Lipinski definition) is 1. The van der Waals surface area contributed by atoms with E-state index >= 15 is 0 Å². The highest BCUT2D eigenvalue weighted by Crippen LogP contribution is 2.39. The number of carbonyl (C=O) groups excluding carboxylic acids is 2. The Bertz CT molecular complexity index is 690. The lowest BCUT2D eigenvalue weighted by Crippen LogP contribution is -2.55. The van der Waals surface area contributed by atoms with E-state index in [4.69, 9.17) is 4.74 Å². The van der Waals surface area contributed by atoms with Crippen molar-refractivity contribution in [2.45, 2.75) is 32.6 Å². The number of methoxy groups -OCH3 is 1. The molecule has 1 N–H and O–H groups in total. The number of aliphatic hydroxyl groups excluding tert-OH is 1. The van der Waals surface area contributed by atoms with E-state index in [1.165, 1.54) is 0 Å². The van der Waals surface area contributed by atoms with Gasteiger partial charge in [-0.15, -0.1) is 0 Å². The first-order valence-corrected chi connectivity index (χ1v) is 9.31. The summed E-state index contributed by atoms with van der Waals surface area (Å²) in [5.41, 5.74) is 1.49. The molecular formula is C20H28N2O4. The molecule has 2 aliphatic rings. The predicted octanol–water partition coefficient (Wildman–Crippen LogP) is 1.84. The molecule has 2 aliphatic heterocycles. The third-order valence-electron chi connectivity index (χ3n) is 5.71. The van der Waals surface area contributed by atoms with Crippen LogP contribution in [0, 0.1) is 12.3 Å². The van der Waals surface area contributed by atoms with Gasteiger partial charge in [-0.3, -0.25) is 9.59 Å². The summed E-state index contributed by atoms with van der Waals surface area (Å²) in [6.45, 7) is 4.29. The lowest BCUT2D eigenvalue weighted by atomic mass is 9.73. The smallest absolute Gasteiger partial charge is 0.257 e. The molecule has 1 aromatic rings. The topological polar surface area (TPSA) is 70.1 Å². The molecule has 6 heteroatoms. The van der Waals surface area contributed by atoms with Crippen LogP contribution in [-0.4, -0.2) is 66.6 Å². The zero-order chi connectivity index (χ0) is 18.7. The third kappa shape index (κ3) is 3.56. The van der Waals surface area contributed by atoms with Crippen molar-refractivity contribution in [2.75, 3.05) is 39.9 Å². The number of benzene rings is 1. The second-order valence-electron chi connectivity index (χ2n) is 7.52. The van der Waals surface area contributed by atoms with Gasteiger partial charge in [0.1, 0.15) is 5.75 Å². The highest BCUT2D eigenvalue weighted by atomic mass is 16.5. The summed E-state index contributed by atoms with van der Waals surface area (Å²) in [7, 11) is 1.59. The number of piperidine rings is 2. The van der Waals surface area contributed by atoms with Crippen molar-refractivity contribution in [3.8, 4) is 5.75 Å². The van der Waals surface area contributed by atoms with Crippen LogP contribution in [0.5, 0.6) is 5.75 Å². The SMILES string of the molecule is COc1c(C)cccc1C(=O)N1CCC[C@@]2(CCC(=O)N(CCO)C2)C1. The van der Waals surface area contributed by atoms with E-state index in [9.17, 15) is 14.7 Å². The van der Waals surface area contributed by atoms with Crippen molar-refractivity contribution in [3.05, 3.63) is 29.3 Å².